The highest BCUT2D eigenvalue weighted by atomic mass is 15.4. The molecule has 19 heavy (non-hydrogen) atoms. The van der Waals surface area contributed by atoms with E-state index in [0.29, 0.717) is 6.17 Å². The van der Waals surface area contributed by atoms with Crippen molar-refractivity contribution in [3.05, 3.63) is 12.4 Å². The Morgan fingerprint density at radius 1 is 0.789 bits per heavy atom. The van der Waals surface area contributed by atoms with Crippen molar-refractivity contribution in [2.75, 3.05) is 13.6 Å². The largest absolute Gasteiger partial charge is 0.359 e. The Balaban J connectivity index is 2.14. The molecule has 112 valence electrons. The van der Waals surface area contributed by atoms with Crippen LogP contribution >= 0.6 is 0 Å². The zero-order valence-corrected chi connectivity index (χ0v) is 13.4. The maximum Gasteiger partial charge on any atom is 0.100 e. The summed E-state index contributed by atoms with van der Waals surface area (Å²) in [6, 6.07) is 0. The smallest absolute Gasteiger partial charge is 0.100 e. The van der Waals surface area contributed by atoms with E-state index in [4.69, 9.17) is 0 Å². The molecule has 2 heteroatoms. The quantitative estimate of drug-likeness (QED) is 0.487. The Morgan fingerprint density at radius 2 is 1.42 bits per heavy atom. The Labute approximate surface area is 120 Å². The molecule has 1 rings (SSSR count). The van der Waals surface area contributed by atoms with Gasteiger partial charge in [0.1, 0.15) is 6.17 Å². The zero-order chi connectivity index (χ0) is 13.9. The van der Waals surface area contributed by atoms with Gasteiger partial charge in [-0.1, -0.05) is 58.8 Å². The maximum absolute atomic E-state index is 2.55. The molecule has 1 atom stereocenters. The van der Waals surface area contributed by atoms with Crippen LogP contribution in [-0.2, 0) is 0 Å². The zero-order valence-electron chi connectivity index (χ0n) is 13.4. The minimum absolute atomic E-state index is 0.627. The second-order valence-electron chi connectivity index (χ2n) is 5.95. The highest BCUT2D eigenvalue weighted by Crippen LogP contribution is 2.20. The molecule has 0 N–H and O–H groups in total. The number of hydrogen-bond acceptors (Lipinski definition) is 2. The van der Waals surface area contributed by atoms with Gasteiger partial charge in [-0.25, -0.2) is 0 Å². The lowest BCUT2D eigenvalue weighted by atomic mass is 10.1. The maximum atomic E-state index is 2.55. The predicted octanol–water partition coefficient (Wildman–Crippen LogP) is 4.97. The van der Waals surface area contributed by atoms with Crippen molar-refractivity contribution < 1.29 is 0 Å². The van der Waals surface area contributed by atoms with E-state index in [1.807, 2.05) is 0 Å². The molecular weight excluding hydrogens is 232 g/mol. The second-order valence-corrected chi connectivity index (χ2v) is 5.95. The van der Waals surface area contributed by atoms with Gasteiger partial charge in [0.05, 0.1) is 0 Å². The minimum atomic E-state index is 0.627. The van der Waals surface area contributed by atoms with Crippen molar-refractivity contribution in [2.24, 2.45) is 0 Å². The minimum Gasteiger partial charge on any atom is -0.359 e. The van der Waals surface area contributed by atoms with E-state index in [1.165, 1.54) is 70.8 Å². The molecule has 0 aromatic carbocycles. The number of nitrogens with zero attached hydrogens (tertiary/aromatic N) is 2. The van der Waals surface area contributed by atoms with Gasteiger partial charge in [0.2, 0.25) is 0 Å². The van der Waals surface area contributed by atoms with E-state index < -0.39 is 0 Å². The first-order chi connectivity index (χ1) is 9.29. The molecule has 0 fully saturated rings. The van der Waals surface area contributed by atoms with E-state index in [0.717, 1.165) is 0 Å². The summed E-state index contributed by atoms with van der Waals surface area (Å²) >= 11 is 0. The predicted molar refractivity (Wildman–Crippen MR) is 84.9 cm³/mol. The lowest BCUT2D eigenvalue weighted by Crippen LogP contribution is -2.36. The van der Waals surface area contributed by atoms with E-state index in [1.54, 1.807) is 0 Å². The van der Waals surface area contributed by atoms with Gasteiger partial charge in [-0.3, -0.25) is 0 Å². The van der Waals surface area contributed by atoms with Crippen LogP contribution in [0.5, 0.6) is 0 Å². The van der Waals surface area contributed by atoms with Crippen molar-refractivity contribution in [2.45, 2.75) is 84.2 Å². The van der Waals surface area contributed by atoms with Crippen LogP contribution in [0.4, 0.5) is 0 Å². The molecule has 0 aliphatic carbocycles. The standard InChI is InChI=1S/C17H34N2/c1-4-6-8-9-10-12-14-19-16-15-18(3)17(19)13-11-7-5-2/h15-17H,4-14H2,1-3H3. The average Bonchev–Trinajstić information content (AvgIpc) is 2.76. The van der Waals surface area contributed by atoms with Crippen LogP contribution in [0.15, 0.2) is 12.4 Å². The Kier molecular flexibility index (Phi) is 8.77. The third-order valence-corrected chi connectivity index (χ3v) is 4.18. The Hall–Kier alpha value is -0.660. The highest BCUT2D eigenvalue weighted by Gasteiger charge is 2.22. The Bertz CT molecular complexity index is 237. The third kappa shape index (κ3) is 6.35. The van der Waals surface area contributed by atoms with E-state index in [9.17, 15) is 0 Å². The normalized spacial score (nSPS) is 18.6. The van der Waals surface area contributed by atoms with Gasteiger partial charge in [0, 0.05) is 26.0 Å². The number of unbranched alkanes of at least 4 members (excludes halogenated alkanes) is 7. The van der Waals surface area contributed by atoms with Gasteiger partial charge in [-0.15, -0.1) is 0 Å². The van der Waals surface area contributed by atoms with Gasteiger partial charge in [0.15, 0.2) is 0 Å². The molecule has 1 unspecified atom stereocenters. The molecule has 0 radical (unpaired) electrons. The topological polar surface area (TPSA) is 6.48 Å². The molecule has 2 nitrogen and oxygen atoms in total. The summed E-state index contributed by atoms with van der Waals surface area (Å²) in [4.78, 5) is 4.93. The molecular formula is C17H34N2. The summed E-state index contributed by atoms with van der Waals surface area (Å²) in [5.41, 5.74) is 0. The molecule has 0 aromatic heterocycles. The summed E-state index contributed by atoms with van der Waals surface area (Å²) in [7, 11) is 2.22. The van der Waals surface area contributed by atoms with E-state index in [-0.39, 0.29) is 0 Å². The molecule has 0 bridgehead atoms. The van der Waals surface area contributed by atoms with Crippen LogP contribution in [-0.4, -0.2) is 29.6 Å². The lowest BCUT2D eigenvalue weighted by molar-refractivity contribution is 0.159. The van der Waals surface area contributed by atoms with Crippen molar-refractivity contribution in [3.63, 3.8) is 0 Å². The SMILES string of the molecule is CCCCCCCCN1C=CN(C)C1CCCCC. The molecule has 0 spiro atoms. The summed E-state index contributed by atoms with van der Waals surface area (Å²) in [5, 5.41) is 0. The molecule has 0 amide bonds. The third-order valence-electron chi connectivity index (χ3n) is 4.18. The first-order valence-corrected chi connectivity index (χ1v) is 8.45. The average molecular weight is 266 g/mol. The molecule has 0 aromatic rings. The van der Waals surface area contributed by atoms with Crippen LogP contribution in [0, 0.1) is 0 Å². The summed E-state index contributed by atoms with van der Waals surface area (Å²) in [5.74, 6) is 0. The first kappa shape index (κ1) is 16.4. The van der Waals surface area contributed by atoms with E-state index in [2.05, 4.69) is 43.1 Å². The highest BCUT2D eigenvalue weighted by molar-refractivity contribution is 4.95. The fourth-order valence-electron chi connectivity index (χ4n) is 2.87. The number of hydrogen-bond donors (Lipinski definition) is 0. The fraction of sp³-hybridized carbons (Fsp3) is 0.882. The monoisotopic (exact) mass is 266 g/mol. The van der Waals surface area contributed by atoms with Crippen LogP contribution in [0.25, 0.3) is 0 Å². The fourth-order valence-corrected chi connectivity index (χ4v) is 2.87. The summed E-state index contributed by atoms with van der Waals surface area (Å²) in [6.45, 7) is 5.81. The van der Waals surface area contributed by atoms with Gasteiger partial charge < -0.3 is 9.80 Å². The van der Waals surface area contributed by atoms with Crippen molar-refractivity contribution in [3.8, 4) is 0 Å². The molecule has 0 saturated heterocycles. The van der Waals surface area contributed by atoms with Crippen molar-refractivity contribution in [1.82, 2.24) is 9.80 Å². The van der Waals surface area contributed by atoms with Crippen LogP contribution in [0.3, 0.4) is 0 Å². The van der Waals surface area contributed by atoms with E-state index >= 15 is 0 Å². The summed E-state index contributed by atoms with van der Waals surface area (Å²) in [6.07, 6.45) is 18.9. The van der Waals surface area contributed by atoms with Crippen LogP contribution < -0.4 is 0 Å². The van der Waals surface area contributed by atoms with Crippen LogP contribution in [0.1, 0.15) is 78.1 Å². The van der Waals surface area contributed by atoms with Crippen molar-refractivity contribution in [1.29, 1.82) is 0 Å². The second kappa shape index (κ2) is 10.2. The molecule has 1 aliphatic heterocycles. The molecule has 1 heterocycles. The molecule has 1 aliphatic rings. The van der Waals surface area contributed by atoms with Crippen molar-refractivity contribution >= 4 is 0 Å². The lowest BCUT2D eigenvalue weighted by Gasteiger charge is -2.30. The van der Waals surface area contributed by atoms with Gasteiger partial charge in [0.25, 0.3) is 0 Å². The molecule has 0 saturated carbocycles. The summed E-state index contributed by atoms with van der Waals surface area (Å²) < 4.78 is 0. The Morgan fingerprint density at radius 3 is 2.16 bits per heavy atom. The number of rotatable bonds is 11. The first-order valence-electron chi connectivity index (χ1n) is 8.45. The van der Waals surface area contributed by atoms with Gasteiger partial charge >= 0.3 is 0 Å². The van der Waals surface area contributed by atoms with Crippen LogP contribution in [0.2, 0.25) is 0 Å². The van der Waals surface area contributed by atoms with Gasteiger partial charge in [-0.05, 0) is 19.3 Å². The van der Waals surface area contributed by atoms with Gasteiger partial charge in [-0.2, -0.15) is 0 Å².